The molecule has 0 saturated carbocycles. The molecule has 2 aromatic rings. The van der Waals surface area contributed by atoms with Gasteiger partial charge in [0.2, 0.25) is 5.91 Å². The Hall–Kier alpha value is -2.00. The van der Waals surface area contributed by atoms with Gasteiger partial charge in [-0.2, -0.15) is 0 Å². The van der Waals surface area contributed by atoms with E-state index in [0.717, 1.165) is 29.2 Å². The Morgan fingerprint density at radius 1 is 1.09 bits per heavy atom. The van der Waals surface area contributed by atoms with E-state index < -0.39 is 0 Å². The summed E-state index contributed by atoms with van der Waals surface area (Å²) in [4.78, 5) is 14.2. The summed E-state index contributed by atoms with van der Waals surface area (Å²) in [5.41, 5.74) is 2.34. The van der Waals surface area contributed by atoms with Gasteiger partial charge >= 0.3 is 0 Å². The van der Waals surface area contributed by atoms with Crippen LogP contribution in [0.2, 0.25) is 5.02 Å². The van der Waals surface area contributed by atoms with Gasteiger partial charge in [-0.25, -0.2) is 0 Å². The van der Waals surface area contributed by atoms with Crippen LogP contribution in [0.15, 0.2) is 48.5 Å². The fraction of sp³-hybridized carbons (Fsp3) is 0.316. The van der Waals surface area contributed by atoms with Crippen LogP contribution in [0.25, 0.3) is 0 Å². The predicted octanol–water partition coefficient (Wildman–Crippen LogP) is 4.08. The van der Waals surface area contributed by atoms with Gasteiger partial charge in [0.1, 0.15) is 5.75 Å². The lowest BCUT2D eigenvalue weighted by Crippen LogP contribution is -2.33. The lowest BCUT2D eigenvalue weighted by Gasteiger charge is -2.25. The van der Waals surface area contributed by atoms with Crippen molar-refractivity contribution in [3.63, 3.8) is 0 Å². The number of hydrogen-bond donors (Lipinski definition) is 0. The number of methoxy groups -OCH3 is 1. The average molecular weight is 330 g/mol. The number of nitrogens with zero attached hydrogens (tertiary/aromatic N) is 1. The SMILES string of the molecule is COc1ccc(CC2CCC(=O)N2Cc2ccc(Cl)cc2)cc1. The van der Waals surface area contributed by atoms with Crippen molar-refractivity contribution in [1.29, 1.82) is 0 Å². The third kappa shape index (κ3) is 3.85. The molecule has 0 aliphatic carbocycles. The largest absolute Gasteiger partial charge is 0.497 e. The molecule has 1 heterocycles. The number of carbonyl (C=O) groups is 1. The highest BCUT2D eigenvalue weighted by molar-refractivity contribution is 6.30. The Kier molecular flexibility index (Phi) is 4.87. The van der Waals surface area contributed by atoms with Crippen LogP contribution >= 0.6 is 11.6 Å². The normalized spacial score (nSPS) is 17.6. The molecule has 3 nitrogen and oxygen atoms in total. The summed E-state index contributed by atoms with van der Waals surface area (Å²) in [5, 5.41) is 0.719. The van der Waals surface area contributed by atoms with E-state index in [-0.39, 0.29) is 11.9 Å². The zero-order chi connectivity index (χ0) is 16.2. The van der Waals surface area contributed by atoms with Crippen LogP contribution in [0.3, 0.4) is 0 Å². The van der Waals surface area contributed by atoms with Crippen LogP contribution in [0.4, 0.5) is 0 Å². The smallest absolute Gasteiger partial charge is 0.223 e. The number of rotatable bonds is 5. The van der Waals surface area contributed by atoms with Gasteiger partial charge in [-0.1, -0.05) is 35.9 Å². The first-order valence-electron chi connectivity index (χ1n) is 7.82. The summed E-state index contributed by atoms with van der Waals surface area (Å²) in [5.74, 6) is 1.09. The number of halogens is 1. The minimum Gasteiger partial charge on any atom is -0.497 e. The second kappa shape index (κ2) is 7.05. The molecule has 1 saturated heterocycles. The van der Waals surface area contributed by atoms with Gasteiger partial charge < -0.3 is 9.64 Å². The molecule has 120 valence electrons. The third-order valence-electron chi connectivity index (χ3n) is 4.35. The second-order valence-electron chi connectivity index (χ2n) is 5.89. The number of hydrogen-bond acceptors (Lipinski definition) is 2. The fourth-order valence-corrected chi connectivity index (χ4v) is 3.17. The third-order valence-corrected chi connectivity index (χ3v) is 4.60. The summed E-state index contributed by atoms with van der Waals surface area (Å²) in [6.07, 6.45) is 2.43. The van der Waals surface area contributed by atoms with Crippen LogP contribution in [0, 0.1) is 0 Å². The van der Waals surface area contributed by atoms with E-state index in [0.29, 0.717) is 13.0 Å². The van der Waals surface area contributed by atoms with E-state index in [9.17, 15) is 4.79 Å². The van der Waals surface area contributed by atoms with Crippen molar-refractivity contribution in [2.75, 3.05) is 7.11 Å². The Morgan fingerprint density at radius 2 is 1.74 bits per heavy atom. The summed E-state index contributed by atoms with van der Waals surface area (Å²) in [6.45, 7) is 0.650. The quantitative estimate of drug-likeness (QED) is 0.827. The van der Waals surface area contributed by atoms with Gasteiger partial charge in [0.25, 0.3) is 0 Å². The molecule has 1 aliphatic heterocycles. The molecule has 0 radical (unpaired) electrons. The van der Waals surface area contributed by atoms with Gasteiger partial charge in [0.05, 0.1) is 7.11 Å². The van der Waals surface area contributed by atoms with Gasteiger partial charge in [0, 0.05) is 24.0 Å². The van der Waals surface area contributed by atoms with Crippen LogP contribution in [-0.2, 0) is 17.8 Å². The first-order chi connectivity index (χ1) is 11.2. The molecule has 1 amide bonds. The second-order valence-corrected chi connectivity index (χ2v) is 6.33. The van der Waals surface area contributed by atoms with Crippen LogP contribution in [-0.4, -0.2) is 24.0 Å². The van der Waals surface area contributed by atoms with E-state index in [1.807, 2.05) is 41.3 Å². The predicted molar refractivity (Wildman–Crippen MR) is 91.7 cm³/mol. The zero-order valence-electron chi connectivity index (χ0n) is 13.2. The maximum atomic E-state index is 12.2. The molecule has 1 unspecified atom stereocenters. The van der Waals surface area contributed by atoms with Crippen LogP contribution in [0.5, 0.6) is 5.75 Å². The van der Waals surface area contributed by atoms with Crippen LogP contribution in [0.1, 0.15) is 24.0 Å². The van der Waals surface area contributed by atoms with E-state index in [2.05, 4.69) is 12.1 Å². The topological polar surface area (TPSA) is 29.5 Å². The van der Waals surface area contributed by atoms with Crippen molar-refractivity contribution in [1.82, 2.24) is 4.90 Å². The minimum atomic E-state index is 0.235. The van der Waals surface area contributed by atoms with Crippen LogP contribution < -0.4 is 4.74 Å². The number of likely N-dealkylation sites (tertiary alicyclic amines) is 1. The molecule has 2 aromatic carbocycles. The van der Waals surface area contributed by atoms with Crippen molar-refractivity contribution in [2.45, 2.75) is 31.8 Å². The van der Waals surface area contributed by atoms with Gasteiger partial charge in [-0.3, -0.25) is 4.79 Å². The minimum absolute atomic E-state index is 0.235. The van der Waals surface area contributed by atoms with Crippen molar-refractivity contribution in [3.05, 3.63) is 64.7 Å². The van der Waals surface area contributed by atoms with Gasteiger partial charge in [0.15, 0.2) is 0 Å². The zero-order valence-corrected chi connectivity index (χ0v) is 13.9. The van der Waals surface area contributed by atoms with E-state index in [1.165, 1.54) is 5.56 Å². The number of ether oxygens (including phenoxy) is 1. The first-order valence-corrected chi connectivity index (χ1v) is 8.20. The Bertz CT molecular complexity index is 667. The number of amides is 1. The highest BCUT2D eigenvalue weighted by Gasteiger charge is 2.30. The maximum absolute atomic E-state index is 12.2. The molecule has 4 heteroatoms. The standard InChI is InChI=1S/C19H20ClNO2/c1-23-18-9-4-14(5-10-18)12-17-8-11-19(22)21(17)13-15-2-6-16(20)7-3-15/h2-7,9-10,17H,8,11-13H2,1H3. The molecular weight excluding hydrogens is 310 g/mol. The fourth-order valence-electron chi connectivity index (χ4n) is 3.04. The highest BCUT2D eigenvalue weighted by Crippen LogP contribution is 2.25. The molecule has 1 fully saturated rings. The Morgan fingerprint density at radius 3 is 2.39 bits per heavy atom. The number of carbonyl (C=O) groups excluding carboxylic acids is 1. The van der Waals surface area contributed by atoms with Gasteiger partial charge in [-0.15, -0.1) is 0 Å². The lowest BCUT2D eigenvalue weighted by molar-refractivity contribution is -0.129. The molecule has 1 atom stereocenters. The van der Waals surface area contributed by atoms with E-state index >= 15 is 0 Å². The lowest BCUT2D eigenvalue weighted by atomic mass is 10.0. The maximum Gasteiger partial charge on any atom is 0.223 e. The van der Waals surface area contributed by atoms with Crippen molar-refractivity contribution in [3.8, 4) is 5.75 Å². The van der Waals surface area contributed by atoms with Crippen molar-refractivity contribution < 1.29 is 9.53 Å². The molecule has 0 N–H and O–H groups in total. The Labute approximate surface area is 141 Å². The number of benzene rings is 2. The molecular formula is C19H20ClNO2. The summed E-state index contributed by atoms with van der Waals surface area (Å²) < 4.78 is 5.19. The molecule has 0 bridgehead atoms. The monoisotopic (exact) mass is 329 g/mol. The summed E-state index contributed by atoms with van der Waals surface area (Å²) >= 11 is 5.93. The Balaban J connectivity index is 1.69. The van der Waals surface area contributed by atoms with E-state index in [1.54, 1.807) is 7.11 Å². The van der Waals surface area contributed by atoms with Crippen molar-refractivity contribution >= 4 is 17.5 Å². The summed E-state index contributed by atoms with van der Waals surface area (Å²) in [6, 6.07) is 16.0. The molecule has 0 aromatic heterocycles. The van der Waals surface area contributed by atoms with Gasteiger partial charge in [-0.05, 0) is 48.2 Å². The molecule has 1 aliphatic rings. The highest BCUT2D eigenvalue weighted by atomic mass is 35.5. The molecule has 0 spiro atoms. The van der Waals surface area contributed by atoms with Crippen molar-refractivity contribution in [2.24, 2.45) is 0 Å². The molecule has 23 heavy (non-hydrogen) atoms. The summed E-state index contributed by atoms with van der Waals surface area (Å²) in [7, 11) is 1.67. The van der Waals surface area contributed by atoms with E-state index in [4.69, 9.17) is 16.3 Å². The first kappa shape index (κ1) is 15.9. The molecule has 3 rings (SSSR count). The average Bonchev–Trinajstić information content (AvgIpc) is 2.91.